The molecule has 1 aliphatic rings. The molecule has 0 aromatic carbocycles. The molecule has 1 aliphatic heterocycles. The number of carbonyl (C=O) groups excluding carboxylic acids is 1. The highest BCUT2D eigenvalue weighted by Crippen LogP contribution is 2.20. The first-order valence-corrected chi connectivity index (χ1v) is 7.31. The van der Waals surface area contributed by atoms with Gasteiger partial charge in [0.1, 0.15) is 6.04 Å². The quantitative estimate of drug-likeness (QED) is 0.808. The van der Waals surface area contributed by atoms with E-state index >= 15 is 0 Å². The van der Waals surface area contributed by atoms with Crippen molar-refractivity contribution >= 4 is 12.0 Å². The zero-order chi connectivity index (χ0) is 15.1. The zero-order valence-electron chi connectivity index (χ0n) is 12.7. The van der Waals surface area contributed by atoms with Gasteiger partial charge in [0.05, 0.1) is 6.61 Å². The Morgan fingerprint density at radius 2 is 2.15 bits per heavy atom. The largest absolute Gasteiger partial charge is 0.480 e. The number of piperidine rings is 1. The maximum atomic E-state index is 12.7. The van der Waals surface area contributed by atoms with Gasteiger partial charge in [0.25, 0.3) is 0 Å². The summed E-state index contributed by atoms with van der Waals surface area (Å²) in [6, 6.07) is -0.789. The van der Waals surface area contributed by atoms with Crippen LogP contribution in [0.25, 0.3) is 0 Å². The molecule has 1 N–H and O–H groups in total. The van der Waals surface area contributed by atoms with Crippen molar-refractivity contribution in [3.63, 3.8) is 0 Å². The van der Waals surface area contributed by atoms with E-state index in [1.807, 2.05) is 13.8 Å². The van der Waals surface area contributed by atoms with Gasteiger partial charge in [0.2, 0.25) is 0 Å². The van der Waals surface area contributed by atoms with E-state index in [0.717, 1.165) is 19.3 Å². The lowest BCUT2D eigenvalue weighted by molar-refractivity contribution is -0.143. The number of nitrogens with zero attached hydrogens (tertiary/aromatic N) is 2. The Hall–Kier alpha value is -1.30. The van der Waals surface area contributed by atoms with E-state index in [1.54, 1.807) is 12.0 Å². The van der Waals surface area contributed by atoms with Crippen molar-refractivity contribution in [1.29, 1.82) is 0 Å². The van der Waals surface area contributed by atoms with Crippen molar-refractivity contribution in [3.8, 4) is 0 Å². The Labute approximate surface area is 120 Å². The van der Waals surface area contributed by atoms with Crippen molar-refractivity contribution in [3.05, 3.63) is 0 Å². The van der Waals surface area contributed by atoms with Gasteiger partial charge in [-0.15, -0.1) is 0 Å². The van der Waals surface area contributed by atoms with E-state index in [2.05, 4.69) is 0 Å². The van der Waals surface area contributed by atoms with Gasteiger partial charge in [-0.25, -0.2) is 9.59 Å². The van der Waals surface area contributed by atoms with Crippen LogP contribution in [0.4, 0.5) is 4.79 Å². The number of likely N-dealkylation sites (tertiary alicyclic amines) is 1. The minimum absolute atomic E-state index is 0.0778. The maximum absolute atomic E-state index is 12.7. The van der Waals surface area contributed by atoms with Crippen molar-refractivity contribution in [2.75, 3.05) is 26.8 Å². The summed E-state index contributed by atoms with van der Waals surface area (Å²) in [5.41, 5.74) is 0. The van der Waals surface area contributed by atoms with Crippen LogP contribution >= 0.6 is 0 Å². The maximum Gasteiger partial charge on any atom is 0.326 e. The molecule has 6 heteroatoms. The second-order valence-corrected chi connectivity index (χ2v) is 5.27. The molecular formula is C14H26N2O4. The smallest absolute Gasteiger partial charge is 0.326 e. The molecule has 0 spiro atoms. The van der Waals surface area contributed by atoms with E-state index in [0.29, 0.717) is 26.1 Å². The molecule has 2 unspecified atom stereocenters. The average Bonchev–Trinajstić information content (AvgIpc) is 2.46. The number of hydrogen-bond donors (Lipinski definition) is 1. The van der Waals surface area contributed by atoms with Gasteiger partial charge in [0.15, 0.2) is 0 Å². The Kier molecular flexibility index (Phi) is 6.78. The summed E-state index contributed by atoms with van der Waals surface area (Å²) in [5.74, 6) is -0.908. The number of carboxylic acids is 1. The van der Waals surface area contributed by atoms with Crippen LogP contribution < -0.4 is 0 Å². The van der Waals surface area contributed by atoms with Crippen molar-refractivity contribution in [2.45, 2.75) is 51.6 Å². The molecule has 1 rings (SSSR count). The van der Waals surface area contributed by atoms with Crippen LogP contribution in [0, 0.1) is 0 Å². The lowest BCUT2D eigenvalue weighted by Crippen LogP contribution is -2.55. The van der Waals surface area contributed by atoms with Crippen LogP contribution in [0.5, 0.6) is 0 Å². The molecule has 0 bridgehead atoms. The van der Waals surface area contributed by atoms with Crippen molar-refractivity contribution < 1.29 is 19.4 Å². The van der Waals surface area contributed by atoms with Crippen molar-refractivity contribution in [2.24, 2.45) is 0 Å². The summed E-state index contributed by atoms with van der Waals surface area (Å²) >= 11 is 0. The van der Waals surface area contributed by atoms with E-state index < -0.39 is 12.0 Å². The molecule has 20 heavy (non-hydrogen) atoms. The summed E-state index contributed by atoms with van der Waals surface area (Å²) < 4.78 is 5.05. The summed E-state index contributed by atoms with van der Waals surface area (Å²) in [7, 11) is 1.60. The molecule has 0 aromatic rings. The van der Waals surface area contributed by atoms with Gasteiger partial charge in [0, 0.05) is 26.2 Å². The Morgan fingerprint density at radius 3 is 2.70 bits per heavy atom. The van der Waals surface area contributed by atoms with Crippen LogP contribution in [0.3, 0.4) is 0 Å². The predicted molar refractivity (Wildman–Crippen MR) is 75.7 cm³/mol. The molecular weight excluding hydrogens is 260 g/mol. The van der Waals surface area contributed by atoms with Gasteiger partial charge in [-0.2, -0.15) is 0 Å². The Morgan fingerprint density at radius 1 is 1.45 bits per heavy atom. The van der Waals surface area contributed by atoms with Gasteiger partial charge in [-0.1, -0.05) is 6.92 Å². The first-order chi connectivity index (χ1) is 9.52. The standard InChI is InChI=1S/C14H26N2O4/c1-4-11(2)15(9-10-20-3)14(19)16-8-6-5-7-12(16)13(17)18/h11-12H,4-10H2,1-3H3,(H,17,18). The number of methoxy groups -OCH3 is 1. The molecule has 0 aromatic heterocycles. The second-order valence-electron chi connectivity index (χ2n) is 5.27. The number of aliphatic carboxylic acids is 1. The summed E-state index contributed by atoms with van der Waals surface area (Å²) in [6.07, 6.45) is 3.11. The fourth-order valence-electron chi connectivity index (χ4n) is 2.50. The average molecular weight is 286 g/mol. The number of carbonyl (C=O) groups is 2. The minimum atomic E-state index is -0.908. The number of carboxylic acid groups (broad SMARTS) is 1. The third-order valence-corrected chi connectivity index (χ3v) is 3.94. The number of ether oxygens (including phenoxy) is 1. The highest BCUT2D eigenvalue weighted by atomic mass is 16.5. The SMILES string of the molecule is CCC(C)N(CCOC)C(=O)N1CCCCC1C(=O)O. The summed E-state index contributed by atoms with van der Waals surface area (Å²) in [5, 5.41) is 9.27. The highest BCUT2D eigenvalue weighted by Gasteiger charge is 2.35. The van der Waals surface area contributed by atoms with Gasteiger partial charge >= 0.3 is 12.0 Å². The third kappa shape index (κ3) is 4.10. The van der Waals surface area contributed by atoms with Gasteiger partial charge in [-0.3, -0.25) is 0 Å². The van der Waals surface area contributed by atoms with Crippen LogP contribution in [-0.4, -0.2) is 65.8 Å². The monoisotopic (exact) mass is 286 g/mol. The molecule has 116 valence electrons. The molecule has 6 nitrogen and oxygen atoms in total. The molecule has 2 amide bonds. The molecule has 1 saturated heterocycles. The molecule has 0 radical (unpaired) electrons. The fraction of sp³-hybridized carbons (Fsp3) is 0.857. The number of hydrogen-bond acceptors (Lipinski definition) is 3. The molecule has 1 fully saturated rings. The minimum Gasteiger partial charge on any atom is -0.480 e. The van der Waals surface area contributed by atoms with E-state index in [9.17, 15) is 14.7 Å². The highest BCUT2D eigenvalue weighted by molar-refractivity contribution is 5.83. The number of urea groups is 1. The van der Waals surface area contributed by atoms with Gasteiger partial charge < -0.3 is 19.6 Å². The van der Waals surface area contributed by atoms with E-state index in [4.69, 9.17) is 4.74 Å². The first-order valence-electron chi connectivity index (χ1n) is 7.31. The van der Waals surface area contributed by atoms with Gasteiger partial charge in [-0.05, 0) is 32.6 Å². The van der Waals surface area contributed by atoms with Crippen LogP contribution in [0.2, 0.25) is 0 Å². The summed E-state index contributed by atoms with van der Waals surface area (Å²) in [4.78, 5) is 27.2. The van der Waals surface area contributed by atoms with Crippen LogP contribution in [-0.2, 0) is 9.53 Å². The number of amides is 2. The lowest BCUT2D eigenvalue weighted by Gasteiger charge is -2.39. The van der Waals surface area contributed by atoms with Crippen LogP contribution in [0.1, 0.15) is 39.5 Å². The second kappa shape index (κ2) is 8.09. The lowest BCUT2D eigenvalue weighted by atomic mass is 10.0. The molecule has 2 atom stereocenters. The third-order valence-electron chi connectivity index (χ3n) is 3.94. The predicted octanol–water partition coefficient (Wildman–Crippen LogP) is 1.79. The molecule has 0 saturated carbocycles. The first kappa shape index (κ1) is 16.8. The van der Waals surface area contributed by atoms with E-state index in [-0.39, 0.29) is 12.1 Å². The van der Waals surface area contributed by atoms with Crippen molar-refractivity contribution in [1.82, 2.24) is 9.80 Å². The number of rotatable bonds is 6. The Bertz CT molecular complexity index is 335. The Balaban J connectivity index is 2.82. The van der Waals surface area contributed by atoms with Crippen LogP contribution in [0.15, 0.2) is 0 Å². The fourth-order valence-corrected chi connectivity index (χ4v) is 2.50. The topological polar surface area (TPSA) is 70.1 Å². The zero-order valence-corrected chi connectivity index (χ0v) is 12.7. The van der Waals surface area contributed by atoms with E-state index in [1.165, 1.54) is 4.90 Å². The molecule has 0 aliphatic carbocycles. The normalized spacial score (nSPS) is 20.6. The summed E-state index contributed by atoms with van der Waals surface area (Å²) in [6.45, 7) is 5.47. The molecule has 1 heterocycles.